The van der Waals surface area contributed by atoms with Crippen LogP contribution in [0.4, 0.5) is 5.69 Å². The summed E-state index contributed by atoms with van der Waals surface area (Å²) in [5.41, 5.74) is 3.68. The van der Waals surface area contributed by atoms with Crippen molar-refractivity contribution in [2.75, 3.05) is 30.8 Å². The number of amides is 1. The van der Waals surface area contributed by atoms with Crippen molar-refractivity contribution in [1.82, 2.24) is 5.32 Å². The summed E-state index contributed by atoms with van der Waals surface area (Å²) in [6.07, 6.45) is 2.66. The second-order valence-electron chi connectivity index (χ2n) is 7.18. The van der Waals surface area contributed by atoms with E-state index in [1.54, 1.807) is 7.11 Å². The summed E-state index contributed by atoms with van der Waals surface area (Å²) in [5, 5.41) is 2.89. The van der Waals surface area contributed by atoms with Crippen molar-refractivity contribution >= 4 is 21.6 Å². The summed E-state index contributed by atoms with van der Waals surface area (Å²) in [6, 6.07) is 13.5. The highest BCUT2D eigenvalue weighted by atomic mass is 32.2. The standard InChI is InChI=1S/C22H30N2O4S/c1-17-7-8-18(2)21(16-17)24(29(4,26)27)15-5-6-22(25)23-14-13-19-9-11-20(28-3)12-10-19/h7-12,16H,5-6,13-15H2,1-4H3,(H,23,25). The molecule has 0 bridgehead atoms. The Balaban J connectivity index is 1.84. The number of nitrogens with zero attached hydrogens (tertiary/aromatic N) is 1. The van der Waals surface area contributed by atoms with Gasteiger partial charge < -0.3 is 10.1 Å². The third kappa shape index (κ3) is 7.09. The number of ether oxygens (including phenoxy) is 1. The quantitative estimate of drug-likeness (QED) is 0.643. The summed E-state index contributed by atoms with van der Waals surface area (Å²) in [7, 11) is -1.80. The molecule has 0 spiro atoms. The zero-order valence-electron chi connectivity index (χ0n) is 17.6. The Hall–Kier alpha value is -2.54. The van der Waals surface area contributed by atoms with Gasteiger partial charge in [0.2, 0.25) is 15.9 Å². The first-order valence-electron chi connectivity index (χ1n) is 9.65. The number of sulfonamides is 1. The Morgan fingerprint density at radius 3 is 2.41 bits per heavy atom. The molecule has 6 nitrogen and oxygen atoms in total. The lowest BCUT2D eigenvalue weighted by Crippen LogP contribution is -2.33. The SMILES string of the molecule is COc1ccc(CCNC(=O)CCCN(c2cc(C)ccc2C)S(C)(=O)=O)cc1. The molecule has 0 aliphatic rings. The van der Waals surface area contributed by atoms with Gasteiger partial charge in [-0.3, -0.25) is 9.10 Å². The van der Waals surface area contributed by atoms with Crippen LogP contribution >= 0.6 is 0 Å². The summed E-state index contributed by atoms with van der Waals surface area (Å²) in [5.74, 6) is 0.727. The number of benzene rings is 2. The van der Waals surface area contributed by atoms with Gasteiger partial charge in [-0.05, 0) is 61.6 Å². The Kier molecular flexibility index (Phi) is 8.08. The zero-order valence-corrected chi connectivity index (χ0v) is 18.4. The Bertz CT molecular complexity index is 924. The van der Waals surface area contributed by atoms with Crippen LogP contribution in [0, 0.1) is 13.8 Å². The third-order valence-electron chi connectivity index (χ3n) is 4.69. The summed E-state index contributed by atoms with van der Waals surface area (Å²) in [6.45, 7) is 4.63. The fourth-order valence-electron chi connectivity index (χ4n) is 3.06. The second kappa shape index (κ2) is 10.3. The van der Waals surface area contributed by atoms with Gasteiger partial charge in [0, 0.05) is 19.5 Å². The predicted molar refractivity (Wildman–Crippen MR) is 117 cm³/mol. The van der Waals surface area contributed by atoms with Crippen LogP contribution in [0.3, 0.4) is 0 Å². The van der Waals surface area contributed by atoms with E-state index >= 15 is 0 Å². The molecule has 7 heteroatoms. The first-order valence-corrected chi connectivity index (χ1v) is 11.5. The first-order chi connectivity index (χ1) is 13.7. The maximum absolute atomic E-state index is 12.3. The lowest BCUT2D eigenvalue weighted by molar-refractivity contribution is -0.121. The fourth-order valence-corrected chi connectivity index (χ4v) is 4.08. The molecule has 158 valence electrons. The number of anilines is 1. The highest BCUT2D eigenvalue weighted by molar-refractivity contribution is 7.92. The largest absolute Gasteiger partial charge is 0.497 e. The molecule has 0 atom stereocenters. The van der Waals surface area contributed by atoms with Crippen molar-refractivity contribution in [1.29, 1.82) is 0 Å². The molecule has 0 heterocycles. The molecule has 1 N–H and O–H groups in total. The molecule has 2 aromatic carbocycles. The average molecular weight is 419 g/mol. The van der Waals surface area contributed by atoms with Crippen LogP contribution in [0.25, 0.3) is 0 Å². The van der Waals surface area contributed by atoms with E-state index in [-0.39, 0.29) is 18.9 Å². The number of hydrogen-bond donors (Lipinski definition) is 1. The van der Waals surface area contributed by atoms with Gasteiger partial charge in [-0.2, -0.15) is 0 Å². The van der Waals surface area contributed by atoms with Crippen molar-refractivity contribution in [3.05, 3.63) is 59.2 Å². The van der Waals surface area contributed by atoms with Crippen LogP contribution in [0.5, 0.6) is 5.75 Å². The molecule has 0 radical (unpaired) electrons. The molecule has 1 amide bonds. The molecule has 0 saturated heterocycles. The maximum atomic E-state index is 12.3. The van der Waals surface area contributed by atoms with E-state index in [2.05, 4.69) is 5.32 Å². The van der Waals surface area contributed by atoms with Crippen LogP contribution in [0.15, 0.2) is 42.5 Å². The van der Waals surface area contributed by atoms with E-state index < -0.39 is 10.0 Å². The van der Waals surface area contributed by atoms with Crippen LogP contribution in [0.2, 0.25) is 0 Å². The lowest BCUT2D eigenvalue weighted by Gasteiger charge is -2.24. The van der Waals surface area contributed by atoms with E-state index in [0.29, 0.717) is 18.7 Å². The number of hydrogen-bond acceptors (Lipinski definition) is 4. The van der Waals surface area contributed by atoms with Crippen molar-refractivity contribution < 1.29 is 17.9 Å². The topological polar surface area (TPSA) is 75.7 Å². The highest BCUT2D eigenvalue weighted by Gasteiger charge is 2.19. The average Bonchev–Trinajstić information content (AvgIpc) is 2.67. The number of nitrogens with one attached hydrogen (secondary N) is 1. The Morgan fingerprint density at radius 2 is 1.79 bits per heavy atom. The van der Waals surface area contributed by atoms with Crippen LogP contribution in [-0.4, -0.2) is 40.8 Å². The molecule has 0 aromatic heterocycles. The van der Waals surface area contributed by atoms with E-state index in [1.807, 2.05) is 56.3 Å². The summed E-state index contributed by atoms with van der Waals surface area (Å²) in [4.78, 5) is 12.1. The number of aryl methyl sites for hydroxylation is 2. The van der Waals surface area contributed by atoms with Gasteiger partial charge in [-0.1, -0.05) is 24.3 Å². The second-order valence-corrected chi connectivity index (χ2v) is 9.08. The Morgan fingerprint density at radius 1 is 1.10 bits per heavy atom. The number of rotatable bonds is 10. The number of carbonyl (C=O) groups is 1. The van der Waals surface area contributed by atoms with Gasteiger partial charge in [-0.25, -0.2) is 8.42 Å². The molecule has 29 heavy (non-hydrogen) atoms. The van der Waals surface area contributed by atoms with Gasteiger partial charge >= 0.3 is 0 Å². The molecular formula is C22H30N2O4S. The number of methoxy groups -OCH3 is 1. The summed E-state index contributed by atoms with van der Waals surface area (Å²) >= 11 is 0. The zero-order chi connectivity index (χ0) is 21.4. The van der Waals surface area contributed by atoms with Crippen LogP contribution in [0.1, 0.15) is 29.5 Å². The molecule has 0 unspecified atom stereocenters. The smallest absolute Gasteiger partial charge is 0.232 e. The third-order valence-corrected chi connectivity index (χ3v) is 5.87. The molecule has 0 aliphatic heterocycles. The van der Waals surface area contributed by atoms with Gasteiger partial charge in [0.1, 0.15) is 5.75 Å². The molecule has 0 saturated carbocycles. The van der Waals surface area contributed by atoms with Gasteiger partial charge in [0.05, 0.1) is 19.1 Å². The maximum Gasteiger partial charge on any atom is 0.232 e. The lowest BCUT2D eigenvalue weighted by atomic mass is 10.1. The molecular weight excluding hydrogens is 388 g/mol. The first kappa shape index (κ1) is 22.7. The van der Waals surface area contributed by atoms with Crippen LogP contribution in [-0.2, 0) is 21.2 Å². The van der Waals surface area contributed by atoms with Gasteiger partial charge in [-0.15, -0.1) is 0 Å². The van der Waals surface area contributed by atoms with E-state index in [9.17, 15) is 13.2 Å². The van der Waals surface area contributed by atoms with Crippen molar-refractivity contribution in [2.45, 2.75) is 33.1 Å². The van der Waals surface area contributed by atoms with Gasteiger partial charge in [0.25, 0.3) is 0 Å². The fraction of sp³-hybridized carbons (Fsp3) is 0.409. The molecule has 0 aliphatic carbocycles. The Labute approximate surface area is 173 Å². The minimum absolute atomic E-state index is 0.0760. The minimum Gasteiger partial charge on any atom is -0.497 e. The monoisotopic (exact) mass is 418 g/mol. The molecule has 0 fully saturated rings. The molecule has 2 aromatic rings. The molecule has 2 rings (SSSR count). The normalized spacial score (nSPS) is 11.2. The van der Waals surface area contributed by atoms with E-state index in [1.165, 1.54) is 10.6 Å². The van der Waals surface area contributed by atoms with Crippen molar-refractivity contribution in [2.24, 2.45) is 0 Å². The highest BCUT2D eigenvalue weighted by Crippen LogP contribution is 2.24. The van der Waals surface area contributed by atoms with E-state index in [4.69, 9.17) is 4.74 Å². The van der Waals surface area contributed by atoms with Gasteiger partial charge in [0.15, 0.2) is 0 Å². The minimum atomic E-state index is -3.42. The predicted octanol–water partition coefficient (Wildman–Crippen LogP) is 3.22. The summed E-state index contributed by atoms with van der Waals surface area (Å²) < 4.78 is 31.0. The van der Waals surface area contributed by atoms with Crippen molar-refractivity contribution in [3.63, 3.8) is 0 Å². The van der Waals surface area contributed by atoms with Crippen molar-refractivity contribution in [3.8, 4) is 5.75 Å². The number of carbonyl (C=O) groups excluding carboxylic acids is 1. The van der Waals surface area contributed by atoms with E-state index in [0.717, 1.165) is 28.9 Å². The van der Waals surface area contributed by atoms with Crippen LogP contribution < -0.4 is 14.4 Å².